The lowest BCUT2D eigenvalue weighted by Crippen LogP contribution is -2.50. The minimum Gasteiger partial charge on any atom is -0.462 e. The van der Waals surface area contributed by atoms with Gasteiger partial charge in [-0.2, -0.15) is 0 Å². The molecule has 3 nitrogen and oxygen atoms in total. The molecule has 3 heteroatoms. The lowest BCUT2D eigenvalue weighted by atomic mass is 10.2. The van der Waals surface area contributed by atoms with Gasteiger partial charge in [0.25, 0.3) is 0 Å². The zero-order valence-electron chi connectivity index (χ0n) is 13.9. The maximum absolute atomic E-state index is 11.3. The first-order valence-corrected chi connectivity index (χ1v) is 8.00. The number of carbonyl (C=O) groups is 1. The highest BCUT2D eigenvalue weighted by Crippen LogP contribution is 2.13. The van der Waals surface area contributed by atoms with E-state index in [4.69, 9.17) is 4.74 Å². The second kappa shape index (κ2) is 10.9. The third kappa shape index (κ3) is 7.68. The summed E-state index contributed by atoms with van der Waals surface area (Å²) in [5, 5.41) is 0. The molecule has 0 unspecified atom stereocenters. The average Bonchev–Trinajstić information content (AvgIpc) is 2.39. The van der Waals surface area contributed by atoms with Gasteiger partial charge in [-0.05, 0) is 32.6 Å². The SMILES string of the molecule is C=C(C)C(=O)OCC[CH]C[N+](CCC)(CCC)CCC. The summed E-state index contributed by atoms with van der Waals surface area (Å²) in [6, 6.07) is 0. The van der Waals surface area contributed by atoms with Crippen LogP contribution in [0.2, 0.25) is 0 Å². The molecule has 0 bridgehead atoms. The van der Waals surface area contributed by atoms with Crippen molar-refractivity contribution >= 4 is 5.97 Å². The molecule has 0 heterocycles. The van der Waals surface area contributed by atoms with Crippen LogP contribution >= 0.6 is 0 Å². The van der Waals surface area contributed by atoms with Gasteiger partial charge in [-0.3, -0.25) is 0 Å². The molecule has 0 aliphatic carbocycles. The van der Waals surface area contributed by atoms with Gasteiger partial charge in [0.2, 0.25) is 0 Å². The van der Waals surface area contributed by atoms with Gasteiger partial charge in [-0.25, -0.2) is 4.79 Å². The third-order valence-electron chi connectivity index (χ3n) is 3.51. The van der Waals surface area contributed by atoms with Crippen LogP contribution in [0.15, 0.2) is 12.2 Å². The summed E-state index contributed by atoms with van der Waals surface area (Å²) in [5.41, 5.74) is 0.470. The Bertz CT molecular complexity index is 270. The van der Waals surface area contributed by atoms with Crippen LogP contribution in [-0.4, -0.2) is 43.2 Å². The van der Waals surface area contributed by atoms with Crippen molar-refractivity contribution in [3.8, 4) is 0 Å². The molecule has 0 rings (SSSR count). The third-order valence-corrected chi connectivity index (χ3v) is 3.51. The predicted molar refractivity (Wildman–Crippen MR) is 85.3 cm³/mol. The fourth-order valence-corrected chi connectivity index (χ4v) is 2.76. The molecule has 0 aromatic rings. The molecule has 0 amide bonds. The average molecular weight is 283 g/mol. The maximum Gasteiger partial charge on any atom is 0.333 e. The van der Waals surface area contributed by atoms with Crippen LogP contribution < -0.4 is 0 Å². The number of carbonyl (C=O) groups excluding carboxylic acids is 1. The Morgan fingerprint density at radius 3 is 2.00 bits per heavy atom. The molecule has 0 spiro atoms. The Morgan fingerprint density at radius 2 is 1.60 bits per heavy atom. The summed E-state index contributed by atoms with van der Waals surface area (Å²) >= 11 is 0. The first kappa shape index (κ1) is 19.2. The van der Waals surface area contributed by atoms with Crippen LogP contribution in [0.4, 0.5) is 0 Å². The van der Waals surface area contributed by atoms with Crippen molar-refractivity contribution in [2.45, 2.75) is 53.4 Å². The lowest BCUT2D eigenvalue weighted by molar-refractivity contribution is -0.924. The molecule has 0 saturated heterocycles. The Kier molecular flexibility index (Phi) is 10.4. The number of ether oxygens (including phenoxy) is 1. The highest BCUT2D eigenvalue weighted by molar-refractivity contribution is 5.86. The molecular formula is C17H33NO2+. The molecule has 0 aromatic heterocycles. The molecular weight excluding hydrogens is 250 g/mol. The van der Waals surface area contributed by atoms with E-state index in [-0.39, 0.29) is 5.97 Å². The molecule has 0 fully saturated rings. The smallest absolute Gasteiger partial charge is 0.333 e. The molecule has 0 aliphatic rings. The van der Waals surface area contributed by atoms with E-state index in [0.29, 0.717) is 12.2 Å². The van der Waals surface area contributed by atoms with E-state index in [2.05, 4.69) is 33.8 Å². The van der Waals surface area contributed by atoms with Crippen molar-refractivity contribution < 1.29 is 14.0 Å². The molecule has 0 saturated carbocycles. The number of hydrogen-bond donors (Lipinski definition) is 0. The van der Waals surface area contributed by atoms with E-state index in [1.54, 1.807) is 6.92 Å². The highest BCUT2D eigenvalue weighted by atomic mass is 16.5. The van der Waals surface area contributed by atoms with Gasteiger partial charge in [0.15, 0.2) is 0 Å². The fourth-order valence-electron chi connectivity index (χ4n) is 2.76. The molecule has 0 atom stereocenters. The number of quaternary nitrogens is 1. The van der Waals surface area contributed by atoms with Crippen LogP contribution in [0.1, 0.15) is 53.4 Å². The second-order valence-electron chi connectivity index (χ2n) is 5.69. The normalized spacial score (nSPS) is 11.4. The van der Waals surface area contributed by atoms with E-state index in [9.17, 15) is 4.79 Å². The standard InChI is InChI=1S/C17H33NO2/c1-6-11-18(12-7-2,13-8-3)14-9-10-15-20-17(19)16(4)5/h9H,4,6-8,10-15H2,1-3,5H3/q+1. The molecule has 0 N–H and O–H groups in total. The van der Waals surface area contributed by atoms with Gasteiger partial charge in [0.1, 0.15) is 0 Å². The number of nitrogens with zero attached hydrogens (tertiary/aromatic N) is 1. The molecule has 0 aliphatic heterocycles. The van der Waals surface area contributed by atoms with Crippen molar-refractivity contribution in [3.05, 3.63) is 18.6 Å². The van der Waals surface area contributed by atoms with Crippen molar-refractivity contribution in [1.29, 1.82) is 0 Å². The Morgan fingerprint density at radius 1 is 1.10 bits per heavy atom. The van der Waals surface area contributed by atoms with Gasteiger partial charge >= 0.3 is 5.97 Å². The van der Waals surface area contributed by atoms with Crippen LogP contribution in [0.25, 0.3) is 0 Å². The van der Waals surface area contributed by atoms with Crippen molar-refractivity contribution in [3.63, 3.8) is 0 Å². The van der Waals surface area contributed by atoms with E-state index in [0.717, 1.165) is 13.0 Å². The molecule has 117 valence electrons. The Balaban J connectivity index is 4.12. The van der Waals surface area contributed by atoms with Crippen molar-refractivity contribution in [2.75, 3.05) is 32.8 Å². The van der Waals surface area contributed by atoms with Gasteiger partial charge in [0, 0.05) is 12.0 Å². The Labute approximate surface area is 125 Å². The first-order valence-electron chi connectivity index (χ1n) is 8.00. The van der Waals surface area contributed by atoms with Gasteiger partial charge in [-0.1, -0.05) is 27.4 Å². The fraction of sp³-hybridized carbons (Fsp3) is 0.765. The largest absolute Gasteiger partial charge is 0.462 e. The van der Waals surface area contributed by atoms with Crippen molar-refractivity contribution in [1.82, 2.24) is 0 Å². The Hall–Kier alpha value is -0.830. The van der Waals surface area contributed by atoms with Crippen LogP contribution in [0.3, 0.4) is 0 Å². The van der Waals surface area contributed by atoms with E-state index in [1.807, 2.05) is 0 Å². The second-order valence-corrected chi connectivity index (χ2v) is 5.69. The van der Waals surface area contributed by atoms with Crippen LogP contribution in [0.5, 0.6) is 0 Å². The van der Waals surface area contributed by atoms with Crippen LogP contribution in [-0.2, 0) is 9.53 Å². The summed E-state index contributed by atoms with van der Waals surface area (Å²) in [6.45, 7) is 17.3. The zero-order chi connectivity index (χ0) is 15.4. The van der Waals surface area contributed by atoms with E-state index in [1.165, 1.54) is 43.4 Å². The molecule has 1 radical (unpaired) electrons. The summed E-state index contributed by atoms with van der Waals surface area (Å²) in [7, 11) is 0. The van der Waals surface area contributed by atoms with E-state index < -0.39 is 0 Å². The topological polar surface area (TPSA) is 26.3 Å². The molecule has 0 aromatic carbocycles. The predicted octanol–water partition coefficient (Wildman–Crippen LogP) is 3.75. The monoisotopic (exact) mass is 283 g/mol. The minimum atomic E-state index is -0.283. The van der Waals surface area contributed by atoms with Crippen molar-refractivity contribution in [2.24, 2.45) is 0 Å². The van der Waals surface area contributed by atoms with Crippen LogP contribution in [0, 0.1) is 6.42 Å². The zero-order valence-corrected chi connectivity index (χ0v) is 13.9. The number of hydrogen-bond acceptors (Lipinski definition) is 2. The number of unbranched alkanes of at least 4 members (excludes halogenated alkanes) is 1. The van der Waals surface area contributed by atoms with Gasteiger partial charge in [0.05, 0.1) is 32.8 Å². The highest BCUT2D eigenvalue weighted by Gasteiger charge is 2.23. The summed E-state index contributed by atoms with van der Waals surface area (Å²) in [6.07, 6.45) is 6.78. The first-order chi connectivity index (χ1) is 9.51. The van der Waals surface area contributed by atoms with Gasteiger partial charge < -0.3 is 9.22 Å². The number of rotatable bonds is 12. The number of esters is 1. The van der Waals surface area contributed by atoms with Gasteiger partial charge in [-0.15, -0.1) is 0 Å². The minimum absolute atomic E-state index is 0.283. The quantitative estimate of drug-likeness (QED) is 0.236. The maximum atomic E-state index is 11.3. The molecule has 20 heavy (non-hydrogen) atoms. The van der Waals surface area contributed by atoms with E-state index >= 15 is 0 Å². The summed E-state index contributed by atoms with van der Waals surface area (Å²) < 4.78 is 6.30. The summed E-state index contributed by atoms with van der Waals surface area (Å²) in [5.74, 6) is -0.283. The lowest BCUT2D eigenvalue weighted by Gasteiger charge is -2.38. The summed E-state index contributed by atoms with van der Waals surface area (Å²) in [4.78, 5) is 11.3.